The van der Waals surface area contributed by atoms with Crippen LogP contribution in [0.1, 0.15) is 12.8 Å². The van der Waals surface area contributed by atoms with Crippen LogP contribution in [0.15, 0.2) is 11.1 Å². The van der Waals surface area contributed by atoms with Crippen LogP contribution in [-0.4, -0.2) is 54.8 Å². The van der Waals surface area contributed by atoms with Gasteiger partial charge in [-0.3, -0.25) is 19.4 Å². The smallest absolute Gasteiger partial charge is 0.316 e. The highest BCUT2D eigenvalue weighted by Crippen LogP contribution is 2.23. The van der Waals surface area contributed by atoms with Gasteiger partial charge in [0, 0.05) is 14.1 Å². The second-order valence-corrected chi connectivity index (χ2v) is 4.24. The third-order valence-corrected chi connectivity index (χ3v) is 3.17. The van der Waals surface area contributed by atoms with E-state index in [4.69, 9.17) is 0 Å². The Labute approximate surface area is 99.2 Å². The lowest BCUT2D eigenvalue weighted by atomic mass is 9.96. The minimum Gasteiger partial charge on any atom is -0.316 e. The van der Waals surface area contributed by atoms with Crippen molar-refractivity contribution < 1.29 is 14.4 Å². The molecule has 2 saturated heterocycles. The molecule has 92 valence electrons. The number of piperidine rings is 1. The molecule has 6 nitrogen and oxygen atoms in total. The molecule has 0 aromatic rings. The van der Waals surface area contributed by atoms with E-state index >= 15 is 0 Å². The van der Waals surface area contributed by atoms with Gasteiger partial charge in [-0.1, -0.05) is 0 Å². The zero-order valence-electron chi connectivity index (χ0n) is 9.95. The van der Waals surface area contributed by atoms with Gasteiger partial charge in [-0.05, 0) is 31.5 Å². The van der Waals surface area contributed by atoms with Gasteiger partial charge in [0.15, 0.2) is 0 Å². The molecule has 0 atom stereocenters. The summed E-state index contributed by atoms with van der Waals surface area (Å²) in [5.74, 6) is -0.954. The summed E-state index contributed by atoms with van der Waals surface area (Å²) in [5, 5.41) is 3.16. The van der Waals surface area contributed by atoms with Gasteiger partial charge < -0.3 is 5.32 Å². The molecule has 2 fully saturated rings. The van der Waals surface area contributed by atoms with Gasteiger partial charge in [-0.15, -0.1) is 0 Å². The number of nitrogens with one attached hydrogen (secondary N) is 1. The van der Waals surface area contributed by atoms with E-state index in [1.165, 1.54) is 14.1 Å². The Hall–Kier alpha value is -1.69. The molecule has 17 heavy (non-hydrogen) atoms. The number of rotatable bonds is 0. The summed E-state index contributed by atoms with van der Waals surface area (Å²) in [4.78, 5) is 37.5. The first-order chi connectivity index (χ1) is 8.04. The van der Waals surface area contributed by atoms with Crippen LogP contribution in [0, 0.1) is 0 Å². The van der Waals surface area contributed by atoms with E-state index in [-0.39, 0.29) is 5.57 Å². The maximum atomic E-state index is 12.0. The monoisotopic (exact) mass is 237 g/mol. The van der Waals surface area contributed by atoms with E-state index in [9.17, 15) is 14.4 Å². The predicted octanol–water partition coefficient (Wildman–Crippen LogP) is -0.283. The Balaban J connectivity index is 2.41. The summed E-state index contributed by atoms with van der Waals surface area (Å²) in [6.45, 7) is 1.53. The van der Waals surface area contributed by atoms with E-state index in [1.54, 1.807) is 0 Å². The molecule has 2 aliphatic rings. The highest BCUT2D eigenvalue weighted by atomic mass is 16.2. The van der Waals surface area contributed by atoms with Crippen molar-refractivity contribution in [1.82, 2.24) is 15.1 Å². The fraction of sp³-hybridized carbons (Fsp3) is 0.545. The summed E-state index contributed by atoms with van der Waals surface area (Å²) >= 11 is 0. The molecule has 0 aromatic carbocycles. The molecular formula is C11H15N3O3. The summed E-state index contributed by atoms with van der Waals surface area (Å²) in [7, 11) is 2.80. The number of urea groups is 1. The molecule has 0 aromatic heterocycles. The number of hydrogen-bond acceptors (Lipinski definition) is 4. The van der Waals surface area contributed by atoms with Gasteiger partial charge in [0.05, 0.1) is 0 Å². The molecule has 1 N–H and O–H groups in total. The second kappa shape index (κ2) is 4.29. The van der Waals surface area contributed by atoms with Crippen LogP contribution in [0.25, 0.3) is 0 Å². The second-order valence-electron chi connectivity index (χ2n) is 4.24. The van der Waals surface area contributed by atoms with E-state index in [2.05, 4.69) is 5.32 Å². The summed E-state index contributed by atoms with van der Waals surface area (Å²) < 4.78 is 0. The number of likely N-dealkylation sites (N-methyl/N-ethyl adjacent to an activating group) is 2. The third-order valence-electron chi connectivity index (χ3n) is 3.17. The highest BCUT2D eigenvalue weighted by molar-refractivity contribution is 6.28. The summed E-state index contributed by atoms with van der Waals surface area (Å²) in [5.41, 5.74) is 1.03. The van der Waals surface area contributed by atoms with Crippen molar-refractivity contribution in [3.8, 4) is 0 Å². The van der Waals surface area contributed by atoms with Crippen molar-refractivity contribution in [3.63, 3.8) is 0 Å². The normalized spacial score (nSPS) is 22.6. The van der Waals surface area contributed by atoms with Crippen LogP contribution in [0.2, 0.25) is 0 Å². The maximum absolute atomic E-state index is 12.0. The molecule has 0 radical (unpaired) electrons. The van der Waals surface area contributed by atoms with Crippen LogP contribution < -0.4 is 5.32 Å². The first-order valence-electron chi connectivity index (χ1n) is 5.57. The molecule has 2 heterocycles. The Morgan fingerprint density at radius 2 is 1.41 bits per heavy atom. The first kappa shape index (κ1) is 11.8. The van der Waals surface area contributed by atoms with Crippen molar-refractivity contribution in [2.45, 2.75) is 12.8 Å². The number of imide groups is 2. The maximum Gasteiger partial charge on any atom is 0.333 e. The highest BCUT2D eigenvalue weighted by Gasteiger charge is 2.39. The molecule has 0 aliphatic carbocycles. The van der Waals surface area contributed by atoms with Crippen LogP contribution in [0.4, 0.5) is 4.79 Å². The van der Waals surface area contributed by atoms with E-state index < -0.39 is 17.8 Å². The van der Waals surface area contributed by atoms with E-state index in [0.717, 1.165) is 28.5 Å². The summed E-state index contributed by atoms with van der Waals surface area (Å²) in [6.07, 6.45) is 1.37. The minimum atomic E-state index is -0.571. The lowest BCUT2D eigenvalue weighted by Crippen LogP contribution is -2.53. The van der Waals surface area contributed by atoms with Crippen LogP contribution in [-0.2, 0) is 9.59 Å². The molecule has 0 saturated carbocycles. The van der Waals surface area contributed by atoms with Crippen molar-refractivity contribution in [2.24, 2.45) is 0 Å². The SMILES string of the molecule is CN1C(=O)C(=C2CCNCC2)C(=O)N(C)C1=O. The van der Waals surface area contributed by atoms with Crippen molar-refractivity contribution in [3.05, 3.63) is 11.1 Å². The standard InChI is InChI=1S/C11H15N3O3/c1-13-9(15)8(7-3-5-12-6-4-7)10(16)14(2)11(13)17/h12H,3-6H2,1-2H3. The van der Waals surface area contributed by atoms with Gasteiger partial charge in [0.2, 0.25) is 0 Å². The lowest BCUT2D eigenvalue weighted by Gasteiger charge is -2.31. The number of amides is 4. The molecule has 2 aliphatic heterocycles. The molecule has 2 rings (SSSR count). The summed E-state index contributed by atoms with van der Waals surface area (Å²) in [6, 6.07) is -0.571. The van der Waals surface area contributed by atoms with Crippen LogP contribution in [0.5, 0.6) is 0 Å². The van der Waals surface area contributed by atoms with Gasteiger partial charge in [0.25, 0.3) is 11.8 Å². The number of carbonyl (C=O) groups is 3. The van der Waals surface area contributed by atoms with Gasteiger partial charge in [0.1, 0.15) is 5.57 Å². The average molecular weight is 237 g/mol. The van der Waals surface area contributed by atoms with Gasteiger partial charge >= 0.3 is 6.03 Å². The van der Waals surface area contributed by atoms with Crippen molar-refractivity contribution in [2.75, 3.05) is 27.2 Å². The van der Waals surface area contributed by atoms with Crippen molar-refractivity contribution in [1.29, 1.82) is 0 Å². The molecule has 6 heteroatoms. The fourth-order valence-corrected chi connectivity index (χ4v) is 2.11. The Morgan fingerprint density at radius 1 is 0.941 bits per heavy atom. The number of carbonyl (C=O) groups excluding carboxylic acids is 3. The zero-order chi connectivity index (χ0) is 12.6. The molecule has 0 bridgehead atoms. The largest absolute Gasteiger partial charge is 0.333 e. The number of hydrogen-bond donors (Lipinski definition) is 1. The van der Waals surface area contributed by atoms with E-state index in [0.29, 0.717) is 12.8 Å². The van der Waals surface area contributed by atoms with Crippen LogP contribution >= 0.6 is 0 Å². The number of barbiturate groups is 1. The average Bonchev–Trinajstić information content (AvgIpc) is 2.36. The third kappa shape index (κ3) is 1.84. The van der Waals surface area contributed by atoms with Crippen molar-refractivity contribution >= 4 is 17.8 Å². The minimum absolute atomic E-state index is 0.177. The zero-order valence-corrected chi connectivity index (χ0v) is 9.95. The quantitative estimate of drug-likeness (QED) is 0.464. The Bertz CT molecular complexity index is 394. The Morgan fingerprint density at radius 3 is 1.88 bits per heavy atom. The topological polar surface area (TPSA) is 69.7 Å². The lowest BCUT2D eigenvalue weighted by molar-refractivity contribution is -0.134. The van der Waals surface area contributed by atoms with Gasteiger partial charge in [-0.25, -0.2) is 4.79 Å². The van der Waals surface area contributed by atoms with E-state index in [1.807, 2.05) is 0 Å². The van der Waals surface area contributed by atoms with Crippen LogP contribution in [0.3, 0.4) is 0 Å². The molecule has 0 spiro atoms. The fourth-order valence-electron chi connectivity index (χ4n) is 2.11. The molecular weight excluding hydrogens is 222 g/mol. The van der Waals surface area contributed by atoms with Gasteiger partial charge in [-0.2, -0.15) is 0 Å². The number of nitrogens with zero attached hydrogens (tertiary/aromatic N) is 2. The molecule has 0 unspecified atom stereocenters. The first-order valence-corrected chi connectivity index (χ1v) is 5.57. The predicted molar refractivity (Wildman–Crippen MR) is 60.1 cm³/mol. The Kier molecular flexibility index (Phi) is 2.97. The molecule has 4 amide bonds.